The molecule has 2 rings (SSSR count). The fourth-order valence-electron chi connectivity index (χ4n) is 1.35. The summed E-state index contributed by atoms with van der Waals surface area (Å²) >= 11 is 0. The van der Waals surface area contributed by atoms with Crippen LogP contribution in [0.25, 0.3) is 0 Å². The van der Waals surface area contributed by atoms with Crippen LogP contribution in [0.1, 0.15) is 5.82 Å². The number of nitrogens with one attached hydrogen (secondary N) is 2. The monoisotopic (exact) mass is 221 g/mol. The third-order valence-electron chi connectivity index (χ3n) is 2.17. The first-order valence-corrected chi connectivity index (χ1v) is 4.85. The third-order valence-corrected chi connectivity index (χ3v) is 2.17. The Hall–Kier alpha value is -2.04. The fraction of sp³-hybridized carbons (Fsp3) is 0.182. The molecule has 0 saturated carbocycles. The normalized spacial score (nSPS) is 10.1. The number of ether oxygens (including phenoxy) is 1. The number of aromatic nitrogens is 2. The van der Waals surface area contributed by atoms with Crippen LogP contribution in [0.15, 0.2) is 30.6 Å². The van der Waals surface area contributed by atoms with E-state index in [-0.39, 0.29) is 11.6 Å². The number of H-pyrrole nitrogens is 1. The topological polar surface area (TPSA) is 49.9 Å². The molecule has 0 saturated heterocycles. The summed E-state index contributed by atoms with van der Waals surface area (Å²) in [5.41, 5.74) is 0.787. The second kappa shape index (κ2) is 4.65. The Bertz CT molecular complexity index is 456. The van der Waals surface area contributed by atoms with Crippen LogP contribution in [0, 0.1) is 5.82 Å². The molecule has 0 bridgehead atoms. The van der Waals surface area contributed by atoms with Gasteiger partial charge in [0.1, 0.15) is 5.82 Å². The lowest BCUT2D eigenvalue weighted by atomic mass is 10.3. The number of benzene rings is 1. The molecule has 0 aliphatic carbocycles. The summed E-state index contributed by atoms with van der Waals surface area (Å²) in [4.78, 5) is 7.04. The van der Waals surface area contributed by atoms with Crippen molar-refractivity contribution >= 4 is 5.69 Å². The second-order valence-corrected chi connectivity index (χ2v) is 3.24. The molecule has 0 atom stereocenters. The molecule has 5 heteroatoms. The van der Waals surface area contributed by atoms with Gasteiger partial charge in [-0.05, 0) is 12.1 Å². The van der Waals surface area contributed by atoms with Gasteiger partial charge in [-0.2, -0.15) is 0 Å². The molecule has 0 aliphatic heterocycles. The van der Waals surface area contributed by atoms with Crippen LogP contribution in [0.4, 0.5) is 10.1 Å². The Labute approximate surface area is 92.5 Å². The van der Waals surface area contributed by atoms with E-state index in [2.05, 4.69) is 15.3 Å². The summed E-state index contributed by atoms with van der Waals surface area (Å²) in [6, 6.07) is 4.63. The van der Waals surface area contributed by atoms with Gasteiger partial charge in [0.05, 0.1) is 13.7 Å². The van der Waals surface area contributed by atoms with E-state index in [1.807, 2.05) is 0 Å². The van der Waals surface area contributed by atoms with Crippen LogP contribution >= 0.6 is 0 Å². The average molecular weight is 221 g/mol. The lowest BCUT2D eigenvalue weighted by molar-refractivity contribution is 0.387. The fourth-order valence-corrected chi connectivity index (χ4v) is 1.35. The zero-order chi connectivity index (χ0) is 11.4. The van der Waals surface area contributed by atoms with Crippen LogP contribution in [-0.2, 0) is 6.54 Å². The molecule has 2 N–H and O–H groups in total. The molecule has 1 aromatic heterocycles. The number of methoxy groups -OCH3 is 1. The molecule has 1 aromatic carbocycles. The smallest absolute Gasteiger partial charge is 0.165 e. The summed E-state index contributed by atoms with van der Waals surface area (Å²) in [5.74, 6) is 0.679. The molecule has 84 valence electrons. The number of anilines is 1. The largest absolute Gasteiger partial charge is 0.494 e. The molecule has 0 radical (unpaired) electrons. The standard InChI is InChI=1S/C11H12FN3O/c1-16-10-6-8(2-3-9(10)12)15-7-11-13-4-5-14-11/h2-6,15H,7H2,1H3,(H,13,14). The van der Waals surface area contributed by atoms with Crippen molar-refractivity contribution in [2.45, 2.75) is 6.54 Å². The van der Waals surface area contributed by atoms with Gasteiger partial charge in [-0.1, -0.05) is 0 Å². The minimum atomic E-state index is -0.369. The Morgan fingerprint density at radius 1 is 1.50 bits per heavy atom. The van der Waals surface area contributed by atoms with Gasteiger partial charge in [0.2, 0.25) is 0 Å². The van der Waals surface area contributed by atoms with Crippen LogP contribution in [0.5, 0.6) is 5.75 Å². The van der Waals surface area contributed by atoms with Crippen molar-refractivity contribution in [1.29, 1.82) is 0 Å². The Balaban J connectivity index is 2.04. The number of hydrogen-bond donors (Lipinski definition) is 2. The number of hydrogen-bond acceptors (Lipinski definition) is 3. The Kier molecular flexibility index (Phi) is 3.05. The maximum Gasteiger partial charge on any atom is 0.165 e. The molecule has 0 fully saturated rings. The summed E-state index contributed by atoms with van der Waals surface area (Å²) < 4.78 is 18.0. The number of aromatic amines is 1. The van der Waals surface area contributed by atoms with Crippen LogP contribution in [0.2, 0.25) is 0 Å². The molecule has 0 amide bonds. The van der Waals surface area contributed by atoms with Crippen molar-refractivity contribution in [3.05, 3.63) is 42.2 Å². The first-order chi connectivity index (χ1) is 7.79. The predicted octanol–water partition coefficient (Wildman–Crippen LogP) is 2.17. The van der Waals surface area contributed by atoms with Gasteiger partial charge in [0.25, 0.3) is 0 Å². The minimum absolute atomic E-state index is 0.226. The van der Waals surface area contributed by atoms with Crippen molar-refractivity contribution in [2.75, 3.05) is 12.4 Å². The van der Waals surface area contributed by atoms with Crippen molar-refractivity contribution in [3.8, 4) is 5.75 Å². The molecule has 2 aromatic rings. The van der Waals surface area contributed by atoms with Crippen molar-refractivity contribution in [3.63, 3.8) is 0 Å². The zero-order valence-corrected chi connectivity index (χ0v) is 8.83. The SMILES string of the molecule is COc1cc(NCc2ncc[nH]2)ccc1F. The van der Waals surface area contributed by atoms with E-state index >= 15 is 0 Å². The summed E-state index contributed by atoms with van der Waals surface area (Å²) in [5, 5.41) is 3.11. The third kappa shape index (κ3) is 2.31. The van der Waals surface area contributed by atoms with Gasteiger partial charge in [-0.25, -0.2) is 9.37 Å². The van der Waals surface area contributed by atoms with Gasteiger partial charge in [0, 0.05) is 24.1 Å². The number of imidazole rings is 1. The number of nitrogens with zero attached hydrogens (tertiary/aromatic N) is 1. The highest BCUT2D eigenvalue weighted by Crippen LogP contribution is 2.21. The summed E-state index contributed by atoms with van der Waals surface area (Å²) in [6.07, 6.45) is 3.44. The number of halogens is 1. The van der Waals surface area contributed by atoms with Gasteiger partial charge >= 0.3 is 0 Å². The van der Waals surface area contributed by atoms with Crippen molar-refractivity contribution in [1.82, 2.24) is 9.97 Å². The van der Waals surface area contributed by atoms with E-state index in [9.17, 15) is 4.39 Å². The Morgan fingerprint density at radius 2 is 2.38 bits per heavy atom. The van der Waals surface area contributed by atoms with Crippen LogP contribution in [-0.4, -0.2) is 17.1 Å². The lowest BCUT2D eigenvalue weighted by Gasteiger charge is -2.07. The number of rotatable bonds is 4. The van der Waals surface area contributed by atoms with E-state index in [1.54, 1.807) is 24.5 Å². The van der Waals surface area contributed by atoms with Gasteiger partial charge in [-0.15, -0.1) is 0 Å². The molecule has 0 spiro atoms. The van der Waals surface area contributed by atoms with E-state index in [0.717, 1.165) is 11.5 Å². The quantitative estimate of drug-likeness (QED) is 0.831. The molecule has 4 nitrogen and oxygen atoms in total. The molecular formula is C11H12FN3O. The van der Waals surface area contributed by atoms with Gasteiger partial charge in [-0.3, -0.25) is 0 Å². The maximum atomic E-state index is 13.1. The molecular weight excluding hydrogens is 209 g/mol. The highest BCUT2D eigenvalue weighted by atomic mass is 19.1. The van der Waals surface area contributed by atoms with E-state index in [4.69, 9.17) is 4.74 Å². The first kappa shape index (κ1) is 10.5. The van der Waals surface area contributed by atoms with Crippen LogP contribution < -0.4 is 10.1 Å². The van der Waals surface area contributed by atoms with E-state index in [1.165, 1.54) is 13.2 Å². The van der Waals surface area contributed by atoms with Crippen molar-refractivity contribution < 1.29 is 9.13 Å². The predicted molar refractivity (Wildman–Crippen MR) is 58.9 cm³/mol. The maximum absolute atomic E-state index is 13.1. The summed E-state index contributed by atoms with van der Waals surface area (Å²) in [6.45, 7) is 0.557. The highest BCUT2D eigenvalue weighted by molar-refractivity contribution is 5.48. The highest BCUT2D eigenvalue weighted by Gasteiger charge is 2.03. The van der Waals surface area contributed by atoms with E-state index in [0.29, 0.717) is 6.54 Å². The molecule has 0 aliphatic rings. The molecule has 16 heavy (non-hydrogen) atoms. The average Bonchev–Trinajstić information content (AvgIpc) is 2.81. The first-order valence-electron chi connectivity index (χ1n) is 4.85. The van der Waals surface area contributed by atoms with Crippen molar-refractivity contribution in [2.24, 2.45) is 0 Å². The van der Waals surface area contributed by atoms with Gasteiger partial charge < -0.3 is 15.0 Å². The van der Waals surface area contributed by atoms with Gasteiger partial charge in [0.15, 0.2) is 11.6 Å². The van der Waals surface area contributed by atoms with E-state index < -0.39 is 0 Å². The minimum Gasteiger partial charge on any atom is -0.494 e. The summed E-state index contributed by atoms with van der Waals surface area (Å²) in [7, 11) is 1.44. The molecule has 1 heterocycles. The molecule has 0 unspecified atom stereocenters. The Morgan fingerprint density at radius 3 is 3.06 bits per heavy atom. The van der Waals surface area contributed by atoms with Crippen LogP contribution in [0.3, 0.4) is 0 Å². The zero-order valence-electron chi connectivity index (χ0n) is 8.83. The lowest BCUT2D eigenvalue weighted by Crippen LogP contribution is -2.01. The second-order valence-electron chi connectivity index (χ2n) is 3.24.